The molecule has 1 aromatic carbocycles. The largest absolute Gasteiger partial charge is 0.486 e. The van der Waals surface area contributed by atoms with Gasteiger partial charge in [0.05, 0.1) is 6.54 Å². The monoisotopic (exact) mass is 285 g/mol. The average molecular weight is 285 g/mol. The Morgan fingerprint density at radius 3 is 2.86 bits per heavy atom. The van der Waals surface area contributed by atoms with E-state index in [9.17, 15) is 0 Å². The Hall–Kier alpha value is -2.01. The van der Waals surface area contributed by atoms with Gasteiger partial charge in [-0.05, 0) is 36.5 Å². The summed E-state index contributed by atoms with van der Waals surface area (Å²) in [6, 6.07) is 6.64. The molecule has 110 valence electrons. The first-order valence-corrected chi connectivity index (χ1v) is 7.51. The molecule has 1 saturated carbocycles. The van der Waals surface area contributed by atoms with Crippen LogP contribution in [0.3, 0.4) is 0 Å². The molecular formula is C16H19N3O2. The van der Waals surface area contributed by atoms with E-state index in [1.165, 1.54) is 18.4 Å². The number of nitrogens with zero attached hydrogens (tertiary/aromatic N) is 1. The molecule has 0 spiro atoms. The Bertz CT molecular complexity index is 608. The van der Waals surface area contributed by atoms with Crippen molar-refractivity contribution in [2.24, 2.45) is 5.92 Å². The fraction of sp³-hybridized carbons (Fsp3) is 0.438. The third-order valence-electron chi connectivity index (χ3n) is 4.06. The summed E-state index contributed by atoms with van der Waals surface area (Å²) in [5.74, 6) is 3.40. The highest BCUT2D eigenvalue weighted by atomic mass is 16.6. The Morgan fingerprint density at radius 1 is 1.24 bits per heavy atom. The van der Waals surface area contributed by atoms with E-state index in [1.54, 1.807) is 6.20 Å². The molecule has 5 heteroatoms. The van der Waals surface area contributed by atoms with Crippen LogP contribution in [0.4, 0.5) is 0 Å². The lowest BCUT2D eigenvalue weighted by Gasteiger charge is -2.22. The van der Waals surface area contributed by atoms with Crippen molar-refractivity contribution >= 4 is 0 Å². The molecule has 2 aliphatic rings. The minimum absolute atomic E-state index is 0.353. The van der Waals surface area contributed by atoms with Crippen LogP contribution in [0.15, 0.2) is 30.6 Å². The number of hydrogen-bond donors (Lipinski definition) is 2. The molecule has 2 N–H and O–H groups in total. The molecule has 1 aromatic heterocycles. The SMILES string of the molecule is c1c[nH]c(CNC(c2ccc3c(c2)OCCO3)C2CC2)n1. The van der Waals surface area contributed by atoms with E-state index in [1.807, 2.05) is 12.3 Å². The molecule has 1 aliphatic heterocycles. The first-order valence-electron chi connectivity index (χ1n) is 7.51. The van der Waals surface area contributed by atoms with Crippen molar-refractivity contribution in [2.45, 2.75) is 25.4 Å². The zero-order chi connectivity index (χ0) is 14.1. The number of hydrogen-bond acceptors (Lipinski definition) is 4. The maximum atomic E-state index is 5.69. The molecule has 2 heterocycles. The Balaban J connectivity index is 1.53. The fourth-order valence-corrected chi connectivity index (χ4v) is 2.84. The summed E-state index contributed by atoms with van der Waals surface area (Å²) >= 11 is 0. The minimum Gasteiger partial charge on any atom is -0.486 e. The van der Waals surface area contributed by atoms with E-state index >= 15 is 0 Å². The van der Waals surface area contributed by atoms with Gasteiger partial charge in [-0.25, -0.2) is 4.98 Å². The van der Waals surface area contributed by atoms with E-state index in [2.05, 4.69) is 27.4 Å². The van der Waals surface area contributed by atoms with E-state index in [-0.39, 0.29) is 0 Å². The van der Waals surface area contributed by atoms with E-state index < -0.39 is 0 Å². The normalized spacial score (nSPS) is 18.5. The summed E-state index contributed by atoms with van der Waals surface area (Å²) in [5, 5.41) is 3.62. The quantitative estimate of drug-likeness (QED) is 0.886. The fourth-order valence-electron chi connectivity index (χ4n) is 2.84. The predicted molar refractivity (Wildman–Crippen MR) is 78.3 cm³/mol. The van der Waals surface area contributed by atoms with Crippen LogP contribution in [0.5, 0.6) is 11.5 Å². The second kappa shape index (κ2) is 5.41. The molecule has 2 aromatic rings. The Kier molecular flexibility index (Phi) is 3.27. The molecule has 1 fully saturated rings. The molecule has 1 unspecified atom stereocenters. The van der Waals surface area contributed by atoms with Crippen LogP contribution in [0.1, 0.15) is 30.3 Å². The molecule has 1 aliphatic carbocycles. The highest BCUT2D eigenvalue weighted by Gasteiger charge is 2.32. The zero-order valence-electron chi connectivity index (χ0n) is 11.8. The number of nitrogens with one attached hydrogen (secondary N) is 2. The van der Waals surface area contributed by atoms with Crippen molar-refractivity contribution in [3.8, 4) is 11.5 Å². The molecule has 21 heavy (non-hydrogen) atoms. The molecule has 0 bridgehead atoms. The molecule has 0 amide bonds. The highest BCUT2D eigenvalue weighted by molar-refractivity contribution is 5.45. The maximum Gasteiger partial charge on any atom is 0.161 e. The van der Waals surface area contributed by atoms with Crippen LogP contribution >= 0.6 is 0 Å². The molecule has 1 atom stereocenters. The summed E-state index contributed by atoms with van der Waals surface area (Å²) in [5.41, 5.74) is 1.27. The summed E-state index contributed by atoms with van der Waals surface area (Å²) < 4.78 is 11.3. The predicted octanol–water partition coefficient (Wildman–Crippen LogP) is 2.42. The minimum atomic E-state index is 0.353. The van der Waals surface area contributed by atoms with Crippen LogP contribution in [0, 0.1) is 5.92 Å². The second-order valence-corrected chi connectivity index (χ2v) is 5.63. The van der Waals surface area contributed by atoms with Crippen LogP contribution in [0.25, 0.3) is 0 Å². The van der Waals surface area contributed by atoms with Gasteiger partial charge in [0.15, 0.2) is 11.5 Å². The van der Waals surface area contributed by atoms with E-state index in [0.717, 1.165) is 23.9 Å². The number of aromatic nitrogens is 2. The number of ether oxygens (including phenoxy) is 2. The smallest absolute Gasteiger partial charge is 0.161 e. The van der Waals surface area contributed by atoms with Gasteiger partial charge in [0.25, 0.3) is 0 Å². The summed E-state index contributed by atoms with van der Waals surface area (Å²) in [4.78, 5) is 7.40. The highest BCUT2D eigenvalue weighted by Crippen LogP contribution is 2.43. The Labute approximate surface area is 123 Å². The van der Waals surface area contributed by atoms with Gasteiger partial charge in [0, 0.05) is 18.4 Å². The lowest BCUT2D eigenvalue weighted by atomic mass is 10.0. The van der Waals surface area contributed by atoms with Crippen molar-refractivity contribution in [1.82, 2.24) is 15.3 Å². The van der Waals surface area contributed by atoms with Crippen molar-refractivity contribution in [3.05, 3.63) is 42.0 Å². The van der Waals surface area contributed by atoms with Crippen LogP contribution in [0.2, 0.25) is 0 Å². The molecule has 5 nitrogen and oxygen atoms in total. The van der Waals surface area contributed by atoms with Gasteiger partial charge in [-0.3, -0.25) is 0 Å². The maximum absolute atomic E-state index is 5.69. The molecule has 4 rings (SSSR count). The molecule has 0 radical (unpaired) electrons. The summed E-state index contributed by atoms with van der Waals surface area (Å²) in [6.45, 7) is 2.02. The van der Waals surface area contributed by atoms with Gasteiger partial charge in [0.1, 0.15) is 19.0 Å². The van der Waals surface area contributed by atoms with Gasteiger partial charge >= 0.3 is 0 Å². The van der Waals surface area contributed by atoms with Gasteiger partial charge in [-0.1, -0.05) is 6.07 Å². The van der Waals surface area contributed by atoms with Crippen molar-refractivity contribution in [1.29, 1.82) is 0 Å². The number of H-pyrrole nitrogens is 1. The van der Waals surface area contributed by atoms with Crippen LogP contribution in [-0.2, 0) is 6.54 Å². The lowest BCUT2D eigenvalue weighted by Crippen LogP contribution is -2.24. The van der Waals surface area contributed by atoms with Gasteiger partial charge in [-0.2, -0.15) is 0 Å². The number of rotatable bonds is 5. The van der Waals surface area contributed by atoms with Crippen molar-refractivity contribution in [2.75, 3.05) is 13.2 Å². The van der Waals surface area contributed by atoms with Crippen LogP contribution in [-0.4, -0.2) is 23.2 Å². The number of benzene rings is 1. The Morgan fingerprint density at radius 2 is 2.10 bits per heavy atom. The lowest BCUT2D eigenvalue weighted by molar-refractivity contribution is 0.171. The average Bonchev–Trinajstić information content (AvgIpc) is 3.23. The van der Waals surface area contributed by atoms with Gasteiger partial charge in [0.2, 0.25) is 0 Å². The molecule has 0 saturated heterocycles. The topological polar surface area (TPSA) is 59.2 Å². The van der Waals surface area contributed by atoms with Crippen molar-refractivity contribution < 1.29 is 9.47 Å². The number of fused-ring (bicyclic) bond motifs is 1. The molecular weight excluding hydrogens is 266 g/mol. The van der Waals surface area contributed by atoms with E-state index in [0.29, 0.717) is 25.2 Å². The summed E-state index contributed by atoms with van der Waals surface area (Å²) in [6.07, 6.45) is 6.20. The van der Waals surface area contributed by atoms with Crippen LogP contribution < -0.4 is 14.8 Å². The van der Waals surface area contributed by atoms with Gasteiger partial charge < -0.3 is 19.8 Å². The first kappa shape index (κ1) is 12.7. The standard InChI is InChI=1S/C16H19N3O2/c1-2-11(1)16(19-10-15-17-5-6-18-15)12-3-4-13-14(9-12)21-8-7-20-13/h3-6,9,11,16,19H,1-2,7-8,10H2,(H,17,18). The third-order valence-corrected chi connectivity index (χ3v) is 4.06. The first-order chi connectivity index (χ1) is 10.4. The number of imidazole rings is 1. The summed E-state index contributed by atoms with van der Waals surface area (Å²) in [7, 11) is 0. The van der Waals surface area contributed by atoms with Gasteiger partial charge in [-0.15, -0.1) is 0 Å². The third kappa shape index (κ3) is 2.74. The van der Waals surface area contributed by atoms with Crippen molar-refractivity contribution in [3.63, 3.8) is 0 Å². The van der Waals surface area contributed by atoms with E-state index in [4.69, 9.17) is 9.47 Å². The zero-order valence-corrected chi connectivity index (χ0v) is 11.8. The second-order valence-electron chi connectivity index (χ2n) is 5.63. The number of aromatic amines is 1.